The fourth-order valence-electron chi connectivity index (χ4n) is 4.91. The van der Waals surface area contributed by atoms with Crippen molar-refractivity contribution in [3.05, 3.63) is 87.7 Å². The van der Waals surface area contributed by atoms with Crippen LogP contribution < -0.4 is 0 Å². The van der Waals surface area contributed by atoms with Gasteiger partial charge in [-0.25, -0.2) is 4.90 Å². The first kappa shape index (κ1) is 24.9. The van der Waals surface area contributed by atoms with Gasteiger partial charge in [-0.2, -0.15) is 0 Å². The lowest BCUT2D eigenvalue weighted by Crippen LogP contribution is -2.54. The Hall–Kier alpha value is -2.77. The van der Waals surface area contributed by atoms with Gasteiger partial charge < -0.3 is 9.84 Å². The van der Waals surface area contributed by atoms with E-state index in [2.05, 4.69) is 4.98 Å². The van der Waals surface area contributed by atoms with Gasteiger partial charge >= 0.3 is 0 Å². The number of rotatable bonds is 7. The standard InChI is InChI=1S/C28H26Cl2N2O4/c1-17(33)26(34)32-27(35)24-7-3-6-23(19-8-10-20(29)11-9-19)25(24)28(32,36-16-18-4-2-5-18)14-22-13-12-21(30)15-31-22/h3,6-13,15,17-18,33H,2,4-5,14,16H2,1H3/t17?,28-/m1/s1. The first-order valence-corrected chi connectivity index (χ1v) is 12.8. The second kappa shape index (κ2) is 9.94. The number of hydrogen-bond donors (Lipinski definition) is 1. The Morgan fingerprint density at radius 1 is 1.11 bits per heavy atom. The van der Waals surface area contributed by atoms with Crippen LogP contribution in [0.4, 0.5) is 0 Å². The van der Waals surface area contributed by atoms with Crippen LogP contribution >= 0.6 is 23.2 Å². The summed E-state index contributed by atoms with van der Waals surface area (Å²) in [7, 11) is 0. The van der Waals surface area contributed by atoms with Gasteiger partial charge in [0.05, 0.1) is 11.6 Å². The Bertz CT molecular complexity index is 1290. The van der Waals surface area contributed by atoms with Crippen molar-refractivity contribution in [2.24, 2.45) is 5.92 Å². The molecular weight excluding hydrogens is 499 g/mol. The van der Waals surface area contributed by atoms with Gasteiger partial charge in [-0.15, -0.1) is 0 Å². The van der Waals surface area contributed by atoms with Crippen molar-refractivity contribution >= 4 is 35.0 Å². The second-order valence-electron chi connectivity index (χ2n) is 9.43. The maximum absolute atomic E-state index is 13.8. The number of aliphatic hydroxyl groups is 1. The summed E-state index contributed by atoms with van der Waals surface area (Å²) in [4.78, 5) is 32.8. The molecular formula is C28H26Cl2N2O4. The molecule has 8 heteroatoms. The number of benzene rings is 2. The number of fused-ring (bicyclic) bond motifs is 1. The average molecular weight is 525 g/mol. The maximum atomic E-state index is 13.8. The van der Waals surface area contributed by atoms with Crippen LogP contribution in [-0.4, -0.2) is 39.5 Å². The predicted molar refractivity (Wildman–Crippen MR) is 138 cm³/mol. The maximum Gasteiger partial charge on any atom is 0.263 e. The molecule has 0 saturated heterocycles. The Kier molecular flexibility index (Phi) is 6.88. The number of aliphatic hydroxyl groups excluding tert-OH is 1. The summed E-state index contributed by atoms with van der Waals surface area (Å²) in [6, 6.07) is 16.2. The lowest BCUT2D eigenvalue weighted by Gasteiger charge is -2.40. The predicted octanol–water partition coefficient (Wildman–Crippen LogP) is 5.63. The minimum atomic E-state index is -1.49. The van der Waals surface area contributed by atoms with E-state index in [-0.39, 0.29) is 6.42 Å². The van der Waals surface area contributed by atoms with E-state index in [1.54, 1.807) is 36.4 Å². The Labute approximate surface area is 219 Å². The Balaban J connectivity index is 1.74. The summed E-state index contributed by atoms with van der Waals surface area (Å²) < 4.78 is 6.67. The van der Waals surface area contributed by atoms with Crippen LogP contribution in [0, 0.1) is 5.92 Å². The first-order valence-electron chi connectivity index (χ1n) is 12.0. The highest BCUT2D eigenvalue weighted by Gasteiger charge is 2.56. The SMILES string of the molecule is CC(O)C(=O)N1C(=O)c2cccc(-c3ccc(Cl)cc3)c2[C@@]1(Cc1ccc(Cl)cn1)OCC1CCC1. The van der Waals surface area contributed by atoms with Crippen LogP contribution in [0.15, 0.2) is 60.8 Å². The lowest BCUT2D eigenvalue weighted by atomic mass is 9.85. The number of amides is 2. The Morgan fingerprint density at radius 2 is 1.81 bits per heavy atom. The molecule has 1 fully saturated rings. The smallest absolute Gasteiger partial charge is 0.263 e. The summed E-state index contributed by atoms with van der Waals surface area (Å²) in [6.07, 6.45) is 3.42. The lowest BCUT2D eigenvalue weighted by molar-refractivity contribution is -0.178. The average Bonchev–Trinajstić information content (AvgIpc) is 3.07. The minimum absolute atomic E-state index is 0.110. The number of hydrogen-bond acceptors (Lipinski definition) is 5. The number of aromatic nitrogens is 1. The number of nitrogens with zero attached hydrogens (tertiary/aromatic N) is 2. The summed E-state index contributed by atoms with van der Waals surface area (Å²) in [6.45, 7) is 1.73. The molecule has 0 radical (unpaired) electrons. The highest BCUT2D eigenvalue weighted by Crippen LogP contribution is 2.48. The number of imide groups is 1. The molecule has 2 amide bonds. The fraction of sp³-hybridized carbons (Fsp3) is 0.321. The van der Waals surface area contributed by atoms with E-state index in [1.807, 2.05) is 18.2 Å². The largest absolute Gasteiger partial charge is 0.384 e. The molecule has 2 heterocycles. The molecule has 186 valence electrons. The molecule has 1 N–H and O–H groups in total. The molecule has 1 saturated carbocycles. The van der Waals surface area contributed by atoms with E-state index in [0.717, 1.165) is 35.3 Å². The molecule has 2 aliphatic rings. The third-order valence-electron chi connectivity index (χ3n) is 6.97. The second-order valence-corrected chi connectivity index (χ2v) is 10.3. The quantitative estimate of drug-likeness (QED) is 0.433. The van der Waals surface area contributed by atoms with Gasteiger partial charge in [0, 0.05) is 34.5 Å². The number of pyridine rings is 1. The molecule has 36 heavy (non-hydrogen) atoms. The van der Waals surface area contributed by atoms with E-state index < -0.39 is 23.6 Å². The van der Waals surface area contributed by atoms with Crippen LogP contribution in [0.2, 0.25) is 10.0 Å². The molecule has 0 spiro atoms. The zero-order valence-electron chi connectivity index (χ0n) is 19.8. The van der Waals surface area contributed by atoms with Crippen molar-refractivity contribution in [3.63, 3.8) is 0 Å². The highest BCUT2D eigenvalue weighted by molar-refractivity contribution is 6.30. The minimum Gasteiger partial charge on any atom is -0.384 e. The van der Waals surface area contributed by atoms with E-state index in [4.69, 9.17) is 27.9 Å². The van der Waals surface area contributed by atoms with Gasteiger partial charge in [0.15, 0.2) is 5.72 Å². The van der Waals surface area contributed by atoms with Crippen molar-refractivity contribution in [2.75, 3.05) is 6.61 Å². The molecule has 1 aliphatic heterocycles. The molecule has 3 aromatic rings. The van der Waals surface area contributed by atoms with Gasteiger partial charge in [-0.3, -0.25) is 14.6 Å². The number of halogens is 2. The monoisotopic (exact) mass is 524 g/mol. The molecule has 0 bridgehead atoms. The van der Waals surface area contributed by atoms with Gasteiger partial charge in [0.1, 0.15) is 6.10 Å². The number of ether oxygens (including phenoxy) is 1. The molecule has 6 nitrogen and oxygen atoms in total. The van der Waals surface area contributed by atoms with Gasteiger partial charge in [-0.05, 0) is 67.1 Å². The zero-order chi connectivity index (χ0) is 25.4. The van der Waals surface area contributed by atoms with E-state index in [9.17, 15) is 14.7 Å². The van der Waals surface area contributed by atoms with Crippen LogP contribution in [-0.2, 0) is 21.7 Å². The first-order chi connectivity index (χ1) is 17.3. The van der Waals surface area contributed by atoms with Crippen LogP contribution in [0.1, 0.15) is 47.8 Å². The summed E-state index contributed by atoms with van der Waals surface area (Å²) in [5.41, 5.74) is 1.63. The summed E-state index contributed by atoms with van der Waals surface area (Å²) >= 11 is 12.2. The fourth-order valence-corrected chi connectivity index (χ4v) is 5.15. The molecule has 1 unspecified atom stereocenters. The molecule has 1 aliphatic carbocycles. The normalized spacial score (nSPS) is 20.2. The van der Waals surface area contributed by atoms with Gasteiger partial charge in [0.25, 0.3) is 11.8 Å². The number of carbonyl (C=O) groups is 2. The van der Waals surface area contributed by atoms with Crippen molar-refractivity contribution in [2.45, 2.75) is 44.4 Å². The van der Waals surface area contributed by atoms with E-state index in [0.29, 0.717) is 39.4 Å². The third-order valence-corrected chi connectivity index (χ3v) is 7.45. The van der Waals surface area contributed by atoms with E-state index in [1.165, 1.54) is 13.1 Å². The van der Waals surface area contributed by atoms with Crippen LogP contribution in [0.3, 0.4) is 0 Å². The van der Waals surface area contributed by atoms with Crippen molar-refractivity contribution in [1.29, 1.82) is 0 Å². The number of carbonyl (C=O) groups excluding carboxylic acids is 2. The van der Waals surface area contributed by atoms with Crippen molar-refractivity contribution < 1.29 is 19.4 Å². The summed E-state index contributed by atoms with van der Waals surface area (Å²) in [5, 5.41) is 11.4. The van der Waals surface area contributed by atoms with Crippen molar-refractivity contribution in [1.82, 2.24) is 9.88 Å². The van der Waals surface area contributed by atoms with Crippen LogP contribution in [0.5, 0.6) is 0 Å². The zero-order valence-corrected chi connectivity index (χ0v) is 21.3. The summed E-state index contributed by atoms with van der Waals surface area (Å²) in [5.74, 6) is -0.888. The topological polar surface area (TPSA) is 79.7 Å². The molecule has 5 rings (SSSR count). The van der Waals surface area contributed by atoms with Gasteiger partial charge in [0.2, 0.25) is 0 Å². The highest BCUT2D eigenvalue weighted by atomic mass is 35.5. The van der Waals surface area contributed by atoms with Gasteiger partial charge in [-0.1, -0.05) is 53.9 Å². The molecule has 2 atom stereocenters. The molecule has 1 aromatic heterocycles. The van der Waals surface area contributed by atoms with E-state index >= 15 is 0 Å². The van der Waals surface area contributed by atoms with Crippen molar-refractivity contribution in [3.8, 4) is 11.1 Å². The third kappa shape index (κ3) is 4.43. The molecule has 2 aromatic carbocycles. The Morgan fingerprint density at radius 3 is 2.42 bits per heavy atom. The van der Waals surface area contributed by atoms with Crippen LogP contribution in [0.25, 0.3) is 11.1 Å².